The van der Waals surface area contributed by atoms with Gasteiger partial charge >= 0.3 is 0 Å². The highest BCUT2D eigenvalue weighted by Crippen LogP contribution is 2.26. The Hall–Kier alpha value is -0.130. The number of nitrogens with one attached hydrogen (secondary N) is 1. The summed E-state index contributed by atoms with van der Waals surface area (Å²) in [5.41, 5.74) is 0. The average Bonchev–Trinajstić information content (AvgIpc) is 2.71. The van der Waals surface area contributed by atoms with E-state index in [9.17, 15) is 8.42 Å². The van der Waals surface area contributed by atoms with E-state index in [1.807, 2.05) is 7.05 Å². The fourth-order valence-corrected chi connectivity index (χ4v) is 3.41. The lowest BCUT2D eigenvalue weighted by Gasteiger charge is -2.25. The van der Waals surface area contributed by atoms with Gasteiger partial charge < -0.3 is 10.1 Å². The fourth-order valence-electron chi connectivity index (χ4n) is 2.52. The van der Waals surface area contributed by atoms with Crippen molar-refractivity contribution in [1.29, 1.82) is 0 Å². The van der Waals surface area contributed by atoms with Gasteiger partial charge in [-0.1, -0.05) is 6.92 Å². The number of rotatable bonds is 7. The van der Waals surface area contributed by atoms with Crippen LogP contribution in [0.4, 0.5) is 0 Å². The monoisotopic (exact) mass is 263 g/mol. The van der Waals surface area contributed by atoms with Gasteiger partial charge in [-0.2, -0.15) is 0 Å². The SMILES string of the molecule is CCS(=O)(=O)CCCC(NC)C1CCOC1C. The fraction of sp³-hybridized carbons (Fsp3) is 1.00. The minimum absolute atomic E-state index is 0.250. The van der Waals surface area contributed by atoms with E-state index in [4.69, 9.17) is 4.74 Å². The Morgan fingerprint density at radius 3 is 2.65 bits per heavy atom. The van der Waals surface area contributed by atoms with Crippen molar-refractivity contribution in [2.45, 2.75) is 45.3 Å². The number of ether oxygens (including phenoxy) is 1. The lowest BCUT2D eigenvalue weighted by atomic mass is 9.90. The third kappa shape index (κ3) is 4.56. The molecule has 1 saturated heterocycles. The molecular weight excluding hydrogens is 238 g/mol. The van der Waals surface area contributed by atoms with E-state index in [0.717, 1.165) is 25.9 Å². The van der Waals surface area contributed by atoms with Gasteiger partial charge in [0.05, 0.1) is 11.9 Å². The van der Waals surface area contributed by atoms with Crippen molar-refractivity contribution in [1.82, 2.24) is 5.32 Å². The summed E-state index contributed by atoms with van der Waals surface area (Å²) in [5.74, 6) is 1.08. The molecule has 1 rings (SSSR count). The first-order valence-electron chi connectivity index (χ1n) is 6.49. The Balaban J connectivity index is 2.37. The zero-order valence-corrected chi connectivity index (χ0v) is 11.9. The summed E-state index contributed by atoms with van der Waals surface area (Å²) in [6, 6.07) is 0.375. The van der Waals surface area contributed by atoms with Crippen LogP contribution in [0.25, 0.3) is 0 Å². The molecule has 4 nitrogen and oxygen atoms in total. The van der Waals surface area contributed by atoms with Gasteiger partial charge in [-0.15, -0.1) is 0 Å². The van der Waals surface area contributed by atoms with Crippen LogP contribution in [0.2, 0.25) is 0 Å². The average molecular weight is 263 g/mol. The number of hydrogen-bond donors (Lipinski definition) is 1. The van der Waals surface area contributed by atoms with Crippen LogP contribution in [-0.4, -0.2) is 45.7 Å². The summed E-state index contributed by atoms with van der Waals surface area (Å²) < 4.78 is 28.4. The van der Waals surface area contributed by atoms with E-state index in [1.54, 1.807) is 6.92 Å². The molecule has 1 heterocycles. The molecule has 1 aliphatic rings. The van der Waals surface area contributed by atoms with Crippen molar-refractivity contribution in [3.8, 4) is 0 Å². The van der Waals surface area contributed by atoms with Crippen molar-refractivity contribution in [3.05, 3.63) is 0 Å². The third-order valence-electron chi connectivity index (χ3n) is 3.73. The molecule has 102 valence electrons. The van der Waals surface area contributed by atoms with Crippen LogP contribution in [0.3, 0.4) is 0 Å². The molecule has 17 heavy (non-hydrogen) atoms. The maximum atomic E-state index is 11.4. The van der Waals surface area contributed by atoms with Crippen LogP contribution in [0.5, 0.6) is 0 Å². The summed E-state index contributed by atoms with van der Waals surface area (Å²) in [6.45, 7) is 4.64. The molecule has 1 aliphatic heterocycles. The van der Waals surface area contributed by atoms with Crippen molar-refractivity contribution in [2.24, 2.45) is 5.92 Å². The van der Waals surface area contributed by atoms with Crippen molar-refractivity contribution in [2.75, 3.05) is 25.2 Å². The Morgan fingerprint density at radius 1 is 1.47 bits per heavy atom. The zero-order valence-electron chi connectivity index (χ0n) is 11.1. The second-order valence-electron chi connectivity index (χ2n) is 4.80. The summed E-state index contributed by atoms with van der Waals surface area (Å²) in [6.07, 6.45) is 3.02. The molecule has 1 N–H and O–H groups in total. The van der Waals surface area contributed by atoms with E-state index < -0.39 is 9.84 Å². The van der Waals surface area contributed by atoms with E-state index in [-0.39, 0.29) is 11.9 Å². The quantitative estimate of drug-likeness (QED) is 0.750. The molecule has 3 unspecified atom stereocenters. The molecule has 0 aliphatic carbocycles. The van der Waals surface area contributed by atoms with Gasteiger partial charge in [0, 0.05) is 24.3 Å². The molecule has 3 atom stereocenters. The number of sulfone groups is 1. The summed E-state index contributed by atoms with van der Waals surface area (Å²) in [7, 11) is -0.871. The molecule has 5 heteroatoms. The molecular formula is C12H25NO3S. The van der Waals surface area contributed by atoms with Crippen LogP contribution < -0.4 is 5.32 Å². The third-order valence-corrected chi connectivity index (χ3v) is 5.52. The zero-order chi connectivity index (χ0) is 12.9. The molecule has 0 aromatic carbocycles. The maximum absolute atomic E-state index is 11.4. The van der Waals surface area contributed by atoms with E-state index in [0.29, 0.717) is 17.7 Å². The Labute approximate surface area is 105 Å². The van der Waals surface area contributed by atoms with Crippen molar-refractivity contribution in [3.63, 3.8) is 0 Å². The highest BCUT2D eigenvalue weighted by atomic mass is 32.2. The lowest BCUT2D eigenvalue weighted by molar-refractivity contribution is 0.0952. The van der Waals surface area contributed by atoms with E-state index in [2.05, 4.69) is 12.2 Å². The minimum atomic E-state index is -2.82. The Morgan fingerprint density at radius 2 is 2.18 bits per heavy atom. The normalized spacial score (nSPS) is 27.2. The van der Waals surface area contributed by atoms with Gasteiger partial charge in [0.15, 0.2) is 0 Å². The van der Waals surface area contributed by atoms with Gasteiger partial charge in [0.2, 0.25) is 0 Å². The molecule has 0 radical (unpaired) electrons. The standard InChI is InChI=1S/C12H25NO3S/c1-4-17(14,15)9-5-6-12(13-3)11-7-8-16-10(11)2/h10-13H,4-9H2,1-3H3. The van der Waals surface area contributed by atoms with Crippen LogP contribution in [0, 0.1) is 5.92 Å². The predicted molar refractivity (Wildman–Crippen MR) is 69.9 cm³/mol. The van der Waals surface area contributed by atoms with Gasteiger partial charge in [0.1, 0.15) is 9.84 Å². The molecule has 0 spiro atoms. The van der Waals surface area contributed by atoms with Crippen LogP contribution >= 0.6 is 0 Å². The second kappa shape index (κ2) is 6.71. The molecule has 1 fully saturated rings. The lowest BCUT2D eigenvalue weighted by Crippen LogP contribution is -2.37. The van der Waals surface area contributed by atoms with Crippen LogP contribution in [0.1, 0.15) is 33.1 Å². The number of hydrogen-bond acceptors (Lipinski definition) is 4. The van der Waals surface area contributed by atoms with Crippen molar-refractivity contribution < 1.29 is 13.2 Å². The summed E-state index contributed by atoms with van der Waals surface area (Å²) >= 11 is 0. The highest BCUT2D eigenvalue weighted by Gasteiger charge is 2.30. The Bertz CT molecular complexity index is 316. The predicted octanol–water partition coefficient (Wildman–Crippen LogP) is 1.21. The first-order valence-corrected chi connectivity index (χ1v) is 8.31. The first-order chi connectivity index (χ1) is 8.00. The largest absolute Gasteiger partial charge is 0.378 e. The van der Waals surface area contributed by atoms with Gasteiger partial charge in [-0.3, -0.25) is 0 Å². The molecule has 0 saturated carbocycles. The second-order valence-corrected chi connectivity index (χ2v) is 7.27. The molecule has 0 amide bonds. The van der Waals surface area contributed by atoms with Gasteiger partial charge in [-0.05, 0) is 33.2 Å². The molecule has 0 aromatic rings. The Kier molecular flexibility index (Phi) is 5.89. The smallest absolute Gasteiger partial charge is 0.150 e. The maximum Gasteiger partial charge on any atom is 0.150 e. The summed E-state index contributed by atoms with van der Waals surface area (Å²) in [4.78, 5) is 0. The highest BCUT2D eigenvalue weighted by molar-refractivity contribution is 7.91. The summed E-state index contributed by atoms with van der Waals surface area (Å²) in [5, 5.41) is 3.30. The van der Waals surface area contributed by atoms with Crippen molar-refractivity contribution >= 4 is 9.84 Å². The van der Waals surface area contributed by atoms with Gasteiger partial charge in [-0.25, -0.2) is 8.42 Å². The molecule has 0 bridgehead atoms. The van der Waals surface area contributed by atoms with E-state index >= 15 is 0 Å². The van der Waals surface area contributed by atoms with Gasteiger partial charge in [0.25, 0.3) is 0 Å². The van der Waals surface area contributed by atoms with E-state index in [1.165, 1.54) is 0 Å². The first kappa shape index (κ1) is 14.9. The van der Waals surface area contributed by atoms with Crippen LogP contribution in [-0.2, 0) is 14.6 Å². The topological polar surface area (TPSA) is 55.4 Å². The minimum Gasteiger partial charge on any atom is -0.378 e. The van der Waals surface area contributed by atoms with Crippen LogP contribution in [0.15, 0.2) is 0 Å². The molecule has 0 aromatic heterocycles.